The summed E-state index contributed by atoms with van der Waals surface area (Å²) in [5.41, 5.74) is -1.57. The van der Waals surface area contributed by atoms with Crippen LogP contribution in [0.1, 0.15) is 188 Å². The maximum Gasteiger partial charge on any atom is 0.182 e. The van der Waals surface area contributed by atoms with Crippen molar-refractivity contribution in [2.75, 3.05) is 19.8 Å². The lowest BCUT2D eigenvalue weighted by atomic mass is 9.37. The second-order valence-corrected chi connectivity index (χ2v) is 28.8. The van der Waals surface area contributed by atoms with Gasteiger partial charge in [0, 0.05) is 54.5 Å². The number of ether oxygens (including phenoxy) is 2. The molecule has 1 saturated heterocycles. The minimum Gasteiger partial charge on any atom is -0.396 e. The molecule has 0 aromatic rings. The lowest BCUT2D eigenvalue weighted by Gasteiger charge is -2.69. The Hall–Kier alpha value is -2.29. The van der Waals surface area contributed by atoms with E-state index in [4.69, 9.17) is 15.2 Å². The van der Waals surface area contributed by atoms with Crippen LogP contribution in [0, 0.1) is 64.1 Å². The third-order valence-electron chi connectivity index (χ3n) is 24.2. The summed E-state index contributed by atoms with van der Waals surface area (Å²) in [7, 11) is 0. The lowest BCUT2D eigenvalue weighted by Crippen LogP contribution is -2.74. The van der Waals surface area contributed by atoms with Gasteiger partial charge >= 0.3 is 0 Å². The first-order valence-electron chi connectivity index (χ1n) is 32.5. The van der Waals surface area contributed by atoms with Crippen LogP contribution in [-0.4, -0.2) is 154 Å². The molecule has 81 heavy (non-hydrogen) atoms. The number of hydrogen-bond donors (Lipinski definition) is 13. The molecule has 16 nitrogen and oxygen atoms in total. The van der Waals surface area contributed by atoms with Gasteiger partial charge in [-0.15, -0.1) is 0 Å². The summed E-state index contributed by atoms with van der Waals surface area (Å²) in [6.07, 6.45) is 17.1. The molecule has 11 aliphatic rings. The van der Waals surface area contributed by atoms with Gasteiger partial charge in [-0.1, -0.05) is 57.3 Å². The van der Waals surface area contributed by atoms with E-state index < -0.39 is 99.5 Å². The Bertz CT molecular complexity index is 2390. The molecule has 9 aliphatic carbocycles. The lowest BCUT2D eigenvalue weighted by molar-refractivity contribution is -0.276. The maximum atomic E-state index is 16.1. The highest BCUT2D eigenvalue weighted by Crippen LogP contribution is 2.77. The fraction of sp³-hybridized carbons (Fsp3) is 0.862. The second kappa shape index (κ2) is 23.4. The number of allylic oxidation sites excluding steroid dienone is 5. The Kier molecular flexibility index (Phi) is 17.5. The Labute approximate surface area is 481 Å². The van der Waals surface area contributed by atoms with Crippen molar-refractivity contribution in [2.45, 2.75) is 265 Å². The SMILES string of the molecule is CCCC1CCC2OC3C(C(O)CCCC3(O)C(C)(O)C3CCC4(O)C5=C(NCC(C)O)C(=O)C6CC(O)C(O)CC67CC(C6=C(CCCO)NC(N)C=C6)C=CC(O)(CC34C3CCC(CCOC4CCCC(O)C4)CC3)C57)C2CC1. The van der Waals surface area contributed by atoms with Crippen LogP contribution >= 0.6 is 0 Å². The zero-order valence-corrected chi connectivity index (χ0v) is 49.0. The van der Waals surface area contributed by atoms with E-state index in [9.17, 15) is 46.0 Å². The van der Waals surface area contributed by atoms with E-state index in [1.54, 1.807) is 13.8 Å². The number of dihydropyridines is 1. The summed E-state index contributed by atoms with van der Waals surface area (Å²) >= 11 is 0. The van der Waals surface area contributed by atoms with Gasteiger partial charge in [-0.2, -0.15) is 0 Å². The average Bonchev–Trinajstić information content (AvgIpc) is 3.52. The van der Waals surface area contributed by atoms with Crippen LogP contribution in [0.2, 0.25) is 0 Å². The van der Waals surface area contributed by atoms with Gasteiger partial charge in [0.15, 0.2) is 5.78 Å². The standard InChI is InChI=1S/C65H103N3O13/c1-4-8-38-15-19-45-51(21-16-38)81-59-54(45)48(72)12-6-26-65(59,79)60(3,76)52-24-28-64(78)55-56(67-35-37(2)70)57(75)46-32-49(73)50(74)34-61(46)33-40(44-20-22-53(66)68-47(44)11-7-29-69)23-27-62(77,58(55)61)36-63(52,64)41-17-13-39(14-18-41)25-30-80-43-10-5-9-42(71)31-43/h20,22-23,27,37-43,45-46,48-54,58-59,67-74,76-79H,4-19,21,24-26,28-36,66H2,1-3H3. The van der Waals surface area contributed by atoms with E-state index in [1.165, 1.54) is 0 Å². The van der Waals surface area contributed by atoms with E-state index in [0.29, 0.717) is 69.0 Å². The topological polar surface area (TPSA) is 288 Å². The number of Topliss-reactive ketones (excluding diaryl/α,β-unsaturated/α-hetero) is 1. The summed E-state index contributed by atoms with van der Waals surface area (Å²) in [5.74, 6) is -3.45. The van der Waals surface area contributed by atoms with Crippen LogP contribution < -0.4 is 16.4 Å². The molecule has 8 fully saturated rings. The summed E-state index contributed by atoms with van der Waals surface area (Å²) in [4.78, 5) is 16.1. The Morgan fingerprint density at radius 2 is 1.64 bits per heavy atom. The number of carbonyl (C=O) groups excluding carboxylic acids is 1. The Balaban J connectivity index is 1.07. The highest BCUT2D eigenvalue weighted by atomic mass is 16.5. The van der Waals surface area contributed by atoms with Crippen LogP contribution in [0.25, 0.3) is 0 Å². The number of rotatable bonds is 16. The molecule has 22 atom stereocenters. The molecule has 0 radical (unpaired) electrons. The molecule has 0 amide bonds. The molecule has 0 aromatic heterocycles. The van der Waals surface area contributed by atoms with Gasteiger partial charge in [-0.25, -0.2) is 0 Å². The van der Waals surface area contributed by atoms with Crippen LogP contribution in [0.3, 0.4) is 0 Å². The molecule has 7 saturated carbocycles. The van der Waals surface area contributed by atoms with Crippen LogP contribution in [0.5, 0.6) is 0 Å². The smallest absolute Gasteiger partial charge is 0.182 e. The van der Waals surface area contributed by atoms with E-state index in [0.717, 1.165) is 88.3 Å². The number of ketones is 1. The highest BCUT2D eigenvalue weighted by molar-refractivity contribution is 6.00. The monoisotopic (exact) mass is 1130 g/mol. The first-order chi connectivity index (χ1) is 38.6. The van der Waals surface area contributed by atoms with Crippen LogP contribution in [-0.2, 0) is 14.3 Å². The van der Waals surface area contributed by atoms with Crippen molar-refractivity contribution in [3.8, 4) is 0 Å². The molecular formula is C65H103N3O13. The van der Waals surface area contributed by atoms with Crippen molar-refractivity contribution in [1.29, 1.82) is 0 Å². The van der Waals surface area contributed by atoms with E-state index >= 15 is 9.90 Å². The summed E-state index contributed by atoms with van der Waals surface area (Å²) in [6, 6.07) is 0. The zero-order valence-electron chi connectivity index (χ0n) is 49.0. The number of hydrogen-bond acceptors (Lipinski definition) is 16. The van der Waals surface area contributed by atoms with Gasteiger partial charge in [0.25, 0.3) is 0 Å². The third kappa shape index (κ3) is 10.3. The van der Waals surface area contributed by atoms with Crippen molar-refractivity contribution in [3.05, 3.63) is 46.8 Å². The van der Waals surface area contributed by atoms with Gasteiger partial charge in [0.05, 0.1) is 77.5 Å². The summed E-state index contributed by atoms with van der Waals surface area (Å²) in [6.45, 7) is 6.07. The number of aliphatic hydroxyl groups excluding tert-OH is 6. The Morgan fingerprint density at radius 1 is 0.889 bits per heavy atom. The van der Waals surface area contributed by atoms with E-state index in [-0.39, 0.29) is 99.7 Å². The van der Waals surface area contributed by atoms with Crippen LogP contribution in [0.4, 0.5) is 0 Å². The average molecular weight is 1130 g/mol. The molecule has 2 aliphatic heterocycles. The predicted octanol–water partition coefficient (Wildman–Crippen LogP) is 5.37. The molecule has 456 valence electrons. The second-order valence-electron chi connectivity index (χ2n) is 28.8. The van der Waals surface area contributed by atoms with Gasteiger partial charge < -0.3 is 76.9 Å². The van der Waals surface area contributed by atoms with Gasteiger partial charge in [-0.05, 0) is 201 Å². The quantitative estimate of drug-likeness (QED) is 0.0865. The van der Waals surface area contributed by atoms with Crippen molar-refractivity contribution in [1.82, 2.24) is 10.6 Å². The van der Waals surface area contributed by atoms with Crippen molar-refractivity contribution >= 4 is 5.78 Å². The maximum absolute atomic E-state index is 16.1. The first-order valence-corrected chi connectivity index (χ1v) is 32.5. The molecule has 2 heterocycles. The zero-order chi connectivity index (χ0) is 57.4. The number of nitrogens with one attached hydrogen (secondary N) is 2. The molecule has 0 aromatic carbocycles. The number of fused-ring (bicyclic) bond motifs is 5. The van der Waals surface area contributed by atoms with Gasteiger partial charge in [0.2, 0.25) is 0 Å². The molecule has 16 heteroatoms. The summed E-state index contributed by atoms with van der Waals surface area (Å²) in [5, 5.41) is 132. The fourth-order valence-corrected chi connectivity index (χ4v) is 20.7. The largest absolute Gasteiger partial charge is 0.396 e. The van der Waals surface area contributed by atoms with Crippen molar-refractivity contribution in [3.63, 3.8) is 0 Å². The number of aliphatic hydroxyl groups is 10. The molecule has 11 rings (SSSR count). The molecule has 14 N–H and O–H groups in total. The molecule has 1 spiro atoms. The van der Waals surface area contributed by atoms with Crippen molar-refractivity contribution < 1.29 is 65.3 Å². The number of carbonyl (C=O) groups is 1. The predicted molar refractivity (Wildman–Crippen MR) is 305 cm³/mol. The normalized spacial score (nSPS) is 48.1. The van der Waals surface area contributed by atoms with E-state index in [2.05, 4.69) is 17.6 Å². The highest BCUT2D eigenvalue weighted by Gasteiger charge is 2.80. The Morgan fingerprint density at radius 3 is 2.38 bits per heavy atom. The fourth-order valence-electron chi connectivity index (χ4n) is 20.7. The minimum atomic E-state index is -1.98. The van der Waals surface area contributed by atoms with Crippen LogP contribution in [0.15, 0.2) is 46.8 Å². The molecule has 22 unspecified atom stereocenters. The molecular weight excluding hydrogens is 1030 g/mol. The van der Waals surface area contributed by atoms with Crippen molar-refractivity contribution in [2.24, 2.45) is 69.8 Å². The van der Waals surface area contributed by atoms with Gasteiger partial charge in [-0.3, -0.25) is 4.79 Å². The van der Waals surface area contributed by atoms with E-state index in [1.807, 2.05) is 24.3 Å². The summed E-state index contributed by atoms with van der Waals surface area (Å²) < 4.78 is 13.6. The number of nitrogens with two attached hydrogens (primary N) is 1. The van der Waals surface area contributed by atoms with Gasteiger partial charge in [0.1, 0.15) is 5.60 Å². The molecule has 0 bridgehead atoms. The minimum absolute atomic E-state index is 0.00285. The first kappa shape index (κ1) is 60.4. The third-order valence-corrected chi connectivity index (χ3v) is 24.2.